The highest BCUT2D eigenvalue weighted by atomic mass is 16.3. The number of rotatable bonds is 2. The van der Waals surface area contributed by atoms with Crippen molar-refractivity contribution in [1.82, 2.24) is 0 Å². The van der Waals surface area contributed by atoms with Crippen molar-refractivity contribution in [3.05, 3.63) is 35.4 Å². The van der Waals surface area contributed by atoms with E-state index in [-0.39, 0.29) is 0 Å². The van der Waals surface area contributed by atoms with Crippen LogP contribution >= 0.6 is 0 Å². The van der Waals surface area contributed by atoms with Crippen LogP contribution in [-0.4, -0.2) is 6.54 Å². The number of benzene rings is 1. The van der Waals surface area contributed by atoms with Crippen molar-refractivity contribution in [2.24, 2.45) is 0 Å². The molecule has 1 aromatic rings. The third kappa shape index (κ3) is 2.10. The number of hydrogen-bond donors (Lipinski definition) is 1. The molecule has 1 aromatic carbocycles. The van der Waals surface area contributed by atoms with Gasteiger partial charge in [-0.25, -0.2) is 0 Å². The maximum Gasteiger partial charge on any atom is 0.211 e. The molecule has 1 nitrogen and oxygen atoms in total. The molecule has 0 amide bonds. The van der Waals surface area contributed by atoms with Gasteiger partial charge in [0.2, 0.25) is 1.43 Å². The second-order valence-electron chi connectivity index (χ2n) is 2.22. The normalized spacial score (nSPS) is 9.73. The van der Waals surface area contributed by atoms with Crippen molar-refractivity contribution in [1.29, 1.82) is 1.43 Å². The van der Waals surface area contributed by atoms with E-state index in [1.165, 1.54) is 0 Å². The van der Waals surface area contributed by atoms with Crippen molar-refractivity contribution in [3.8, 4) is 11.8 Å². The highest BCUT2D eigenvalue weighted by Crippen LogP contribution is 2.02. The van der Waals surface area contributed by atoms with E-state index in [4.69, 9.17) is 1.43 Å². The molecule has 1 heteroatoms. The van der Waals surface area contributed by atoms with Crippen molar-refractivity contribution in [2.75, 3.05) is 0 Å². The van der Waals surface area contributed by atoms with E-state index in [0.717, 1.165) is 11.1 Å². The largest absolute Gasteiger partial charge is 0.392 e. The molecular weight excluding hydrogens is 136 g/mol. The Labute approximate surface area is 68.2 Å². The molecule has 0 heterocycles. The van der Waals surface area contributed by atoms with Crippen LogP contribution in [0.25, 0.3) is 0 Å². The van der Waals surface area contributed by atoms with Crippen LogP contribution in [0.1, 0.15) is 18.1 Å². The van der Waals surface area contributed by atoms with Crippen LogP contribution in [-0.2, 0) is 6.61 Å². The molecule has 0 aromatic heterocycles. The summed E-state index contributed by atoms with van der Waals surface area (Å²) in [5.74, 6) is 5.76. The highest BCUT2D eigenvalue weighted by Gasteiger charge is 1.88. The first-order valence-corrected chi connectivity index (χ1v) is 3.46. The second kappa shape index (κ2) is 3.80. The van der Waals surface area contributed by atoms with Crippen molar-refractivity contribution >= 4 is 0 Å². The first-order chi connectivity index (χ1) is 5.86. The summed E-state index contributed by atoms with van der Waals surface area (Å²) in [6, 6.07) is 7.66. The van der Waals surface area contributed by atoms with E-state index in [0.29, 0.717) is 6.61 Å². The third-order valence-corrected chi connectivity index (χ3v) is 1.39. The molecule has 0 aliphatic heterocycles. The van der Waals surface area contributed by atoms with Crippen molar-refractivity contribution < 1.29 is 5.11 Å². The standard InChI is InChI=1S/C10H10O/c1-2-3-9-4-6-10(8-11)7-5-9/h4-7,11H,8H2,1H3/i11D. The summed E-state index contributed by atoms with van der Waals surface area (Å²) in [6.45, 7) is 2.14. The monoisotopic (exact) mass is 147 g/mol. The summed E-state index contributed by atoms with van der Waals surface area (Å²) in [7, 11) is 0. The van der Waals surface area contributed by atoms with Gasteiger partial charge in [0, 0.05) is 5.56 Å². The zero-order valence-corrected chi connectivity index (χ0v) is 6.42. The number of aliphatic hydroxyl groups is 1. The Balaban J connectivity index is 2.76. The molecular formula is C10H10O. The quantitative estimate of drug-likeness (QED) is 0.629. The Kier molecular flexibility index (Phi) is 2.23. The molecule has 56 valence electrons. The minimum atomic E-state index is 0.333. The minimum absolute atomic E-state index is 0.333. The fourth-order valence-corrected chi connectivity index (χ4v) is 0.829. The van der Waals surface area contributed by atoms with Gasteiger partial charge in [-0.1, -0.05) is 18.1 Å². The van der Waals surface area contributed by atoms with Crippen LogP contribution in [0.2, 0.25) is 0 Å². The summed E-state index contributed by atoms with van der Waals surface area (Å²) < 4.78 is 6.55. The third-order valence-electron chi connectivity index (χ3n) is 1.39. The molecule has 0 unspecified atom stereocenters. The maximum absolute atomic E-state index is 6.55. The summed E-state index contributed by atoms with van der Waals surface area (Å²) >= 11 is 0. The molecule has 1 rings (SSSR count). The van der Waals surface area contributed by atoms with Gasteiger partial charge >= 0.3 is 0 Å². The van der Waals surface area contributed by atoms with Crippen LogP contribution in [0.5, 0.6) is 0 Å². The maximum atomic E-state index is 6.55. The summed E-state index contributed by atoms with van der Waals surface area (Å²) in [5.41, 5.74) is 1.98. The molecule has 0 saturated carbocycles. The lowest BCUT2D eigenvalue weighted by Gasteiger charge is -1.93. The highest BCUT2D eigenvalue weighted by molar-refractivity contribution is 5.35. The number of hydrogen-bond acceptors (Lipinski definition) is 1. The molecule has 0 fully saturated rings. The molecule has 1 N–H and O–H groups in total. The lowest BCUT2D eigenvalue weighted by atomic mass is 10.1. The van der Waals surface area contributed by atoms with Crippen LogP contribution < -0.4 is 0 Å². The zero-order valence-electron chi connectivity index (χ0n) is 7.42. The minimum Gasteiger partial charge on any atom is -0.392 e. The second-order valence-corrected chi connectivity index (χ2v) is 2.22. The average molecular weight is 147 g/mol. The number of aliphatic hydroxyl groups excluding tert-OH is 1. The van der Waals surface area contributed by atoms with Gasteiger partial charge in [-0.15, -0.1) is 5.92 Å². The van der Waals surface area contributed by atoms with E-state index in [1.807, 2.05) is 24.3 Å². The first-order valence-electron chi connectivity index (χ1n) is 3.87. The van der Waals surface area contributed by atoms with E-state index in [2.05, 4.69) is 16.9 Å². The van der Waals surface area contributed by atoms with Gasteiger partial charge in [0.1, 0.15) is 0 Å². The Hall–Kier alpha value is -1.26. The van der Waals surface area contributed by atoms with Gasteiger partial charge in [0.05, 0.1) is 6.61 Å². The average Bonchev–Trinajstić information content (AvgIpc) is 2.09. The first kappa shape index (κ1) is 6.45. The van der Waals surface area contributed by atoms with Gasteiger partial charge in [-0.3, -0.25) is 0 Å². The Morgan fingerprint density at radius 3 is 2.73 bits per heavy atom. The lowest BCUT2D eigenvalue weighted by Crippen LogP contribution is -1.81. The van der Waals surface area contributed by atoms with Crippen LogP contribution in [0.15, 0.2) is 24.3 Å². The van der Waals surface area contributed by atoms with E-state index in [1.54, 1.807) is 6.92 Å². The molecule has 0 atom stereocenters. The van der Waals surface area contributed by atoms with Gasteiger partial charge < -0.3 is 5.11 Å². The van der Waals surface area contributed by atoms with Gasteiger partial charge in [-0.05, 0) is 24.6 Å². The lowest BCUT2D eigenvalue weighted by molar-refractivity contribution is 0.282. The SMILES string of the molecule is [2H]OCc1ccc(C#CC)cc1. The predicted molar refractivity (Wildman–Crippen MR) is 44.9 cm³/mol. The molecule has 11 heavy (non-hydrogen) atoms. The van der Waals surface area contributed by atoms with Gasteiger partial charge in [0.15, 0.2) is 0 Å². The van der Waals surface area contributed by atoms with Gasteiger partial charge in [0.25, 0.3) is 0 Å². The van der Waals surface area contributed by atoms with E-state index >= 15 is 0 Å². The molecule has 0 saturated heterocycles. The van der Waals surface area contributed by atoms with Crippen LogP contribution in [0.4, 0.5) is 0 Å². The predicted octanol–water partition coefficient (Wildman–Crippen LogP) is 1.55. The summed E-state index contributed by atoms with van der Waals surface area (Å²) in [5, 5.41) is 4.24. The Bertz CT molecular complexity index is 292. The van der Waals surface area contributed by atoms with Crippen molar-refractivity contribution in [3.63, 3.8) is 0 Å². The van der Waals surface area contributed by atoms with Crippen LogP contribution in [0, 0.1) is 11.8 Å². The Morgan fingerprint density at radius 2 is 2.18 bits per heavy atom. The van der Waals surface area contributed by atoms with Crippen LogP contribution in [0.3, 0.4) is 0 Å². The Morgan fingerprint density at radius 1 is 1.45 bits per heavy atom. The van der Waals surface area contributed by atoms with Gasteiger partial charge in [-0.2, -0.15) is 0 Å². The smallest absolute Gasteiger partial charge is 0.211 e. The summed E-state index contributed by atoms with van der Waals surface area (Å²) in [4.78, 5) is 0. The molecule has 0 aliphatic rings. The van der Waals surface area contributed by atoms with Crippen molar-refractivity contribution in [2.45, 2.75) is 13.5 Å². The molecule has 0 spiro atoms. The summed E-state index contributed by atoms with van der Waals surface area (Å²) in [6.07, 6.45) is 0. The molecule has 0 bridgehead atoms. The zero-order chi connectivity index (χ0) is 8.81. The fraction of sp³-hybridized carbons (Fsp3) is 0.200. The molecule has 0 aliphatic carbocycles. The van der Waals surface area contributed by atoms with E-state index < -0.39 is 0 Å². The molecule has 0 radical (unpaired) electrons. The topological polar surface area (TPSA) is 20.2 Å². The van der Waals surface area contributed by atoms with E-state index in [9.17, 15) is 0 Å². The fourth-order valence-electron chi connectivity index (χ4n) is 0.829.